The first-order valence-electron chi connectivity index (χ1n) is 7.26. The number of nitrogens with one attached hydrogen (secondary N) is 1. The van der Waals surface area contributed by atoms with Crippen LogP contribution in [0.15, 0.2) is 30.3 Å². The average Bonchev–Trinajstić information content (AvgIpc) is 2.91. The van der Waals surface area contributed by atoms with E-state index in [1.165, 1.54) is 7.11 Å². The molecule has 1 heterocycles. The fraction of sp³-hybridized carbons (Fsp3) is 0.0625. The molecule has 0 radical (unpaired) electrons. The largest absolute Gasteiger partial charge is 0.504 e. The van der Waals surface area contributed by atoms with Gasteiger partial charge in [0.25, 0.3) is 0 Å². The Balaban J connectivity index is 1.90. The molecule has 0 aliphatic heterocycles. The molecule has 1 aromatic heterocycles. The van der Waals surface area contributed by atoms with E-state index in [1.807, 2.05) is 0 Å². The number of anilines is 1. The summed E-state index contributed by atoms with van der Waals surface area (Å²) in [5.41, 5.74) is -0.290. The van der Waals surface area contributed by atoms with Gasteiger partial charge in [0.05, 0.1) is 12.0 Å². The van der Waals surface area contributed by atoms with Crippen LogP contribution in [0.4, 0.5) is 16.2 Å². The molecule has 0 spiro atoms. The van der Waals surface area contributed by atoms with Gasteiger partial charge in [0, 0.05) is 11.1 Å². The molecule has 0 aliphatic carbocycles. The van der Waals surface area contributed by atoms with Gasteiger partial charge in [-0.3, -0.25) is 15.4 Å². The lowest BCUT2D eigenvalue weighted by atomic mass is 10.2. The van der Waals surface area contributed by atoms with Gasteiger partial charge in [-0.2, -0.15) is 0 Å². The highest BCUT2D eigenvalue weighted by Crippen LogP contribution is 2.51. The number of fused-ring (bicyclic) bond motifs is 1. The van der Waals surface area contributed by atoms with E-state index in [4.69, 9.17) is 21.1 Å². The number of carbonyl (C=O) groups excluding carboxylic acids is 1. The highest BCUT2D eigenvalue weighted by atomic mass is 35.5. The fourth-order valence-electron chi connectivity index (χ4n) is 2.28. The van der Waals surface area contributed by atoms with Crippen LogP contribution in [-0.2, 0) is 0 Å². The quantitative estimate of drug-likeness (QED) is 0.328. The molecule has 27 heavy (non-hydrogen) atoms. The summed E-state index contributed by atoms with van der Waals surface area (Å²) in [5, 5.41) is 32.9. The van der Waals surface area contributed by atoms with Crippen LogP contribution in [0, 0.1) is 10.1 Å². The van der Waals surface area contributed by atoms with Gasteiger partial charge in [-0.05, 0) is 30.3 Å². The first-order valence-corrected chi connectivity index (χ1v) is 8.45. The zero-order chi connectivity index (χ0) is 19.7. The number of hydrogen-bond acceptors (Lipinski definition) is 8. The number of rotatable bonds is 4. The Labute approximate surface area is 160 Å². The van der Waals surface area contributed by atoms with Crippen molar-refractivity contribution in [1.82, 2.24) is 0 Å². The number of carbonyl (C=O) groups is 1. The summed E-state index contributed by atoms with van der Waals surface area (Å²) in [6.45, 7) is 0. The number of halogens is 1. The third-order valence-electron chi connectivity index (χ3n) is 3.52. The van der Waals surface area contributed by atoms with Crippen LogP contribution in [0.25, 0.3) is 10.1 Å². The minimum atomic E-state index is -0.889. The van der Waals surface area contributed by atoms with Crippen LogP contribution in [0.1, 0.15) is 0 Å². The molecule has 9 nitrogen and oxygen atoms in total. The highest BCUT2D eigenvalue weighted by Gasteiger charge is 2.28. The molecule has 0 atom stereocenters. The van der Waals surface area contributed by atoms with E-state index in [2.05, 4.69) is 5.32 Å². The number of hydrogen-bond donors (Lipinski definition) is 3. The molecule has 0 saturated carbocycles. The van der Waals surface area contributed by atoms with Crippen molar-refractivity contribution in [3.05, 3.63) is 45.5 Å². The van der Waals surface area contributed by atoms with Crippen LogP contribution < -0.4 is 14.8 Å². The SMILES string of the molecule is COc1ccc(NC(=O)Oc2sc3c([N+](=O)[O-])c(O)c(O)cc3c2Cl)cc1. The Morgan fingerprint density at radius 3 is 2.56 bits per heavy atom. The topological polar surface area (TPSA) is 131 Å². The predicted molar refractivity (Wildman–Crippen MR) is 99.5 cm³/mol. The zero-order valence-corrected chi connectivity index (χ0v) is 15.1. The number of methoxy groups -OCH3 is 1. The Morgan fingerprint density at radius 1 is 1.30 bits per heavy atom. The van der Waals surface area contributed by atoms with Gasteiger partial charge in [0.15, 0.2) is 5.75 Å². The van der Waals surface area contributed by atoms with Gasteiger partial charge in [0.2, 0.25) is 10.8 Å². The molecule has 3 aromatic rings. The third kappa shape index (κ3) is 3.52. The molecule has 11 heteroatoms. The van der Waals surface area contributed by atoms with Gasteiger partial charge >= 0.3 is 11.8 Å². The minimum Gasteiger partial charge on any atom is -0.504 e. The molecule has 3 N–H and O–H groups in total. The third-order valence-corrected chi connectivity index (χ3v) is 5.10. The number of nitro benzene ring substituents is 1. The summed E-state index contributed by atoms with van der Waals surface area (Å²) in [5.74, 6) is -0.990. The van der Waals surface area contributed by atoms with Crippen LogP contribution in [0.3, 0.4) is 0 Å². The summed E-state index contributed by atoms with van der Waals surface area (Å²) in [6, 6.07) is 7.51. The van der Waals surface area contributed by atoms with Crippen molar-refractivity contribution < 1.29 is 29.4 Å². The van der Waals surface area contributed by atoms with E-state index in [-0.39, 0.29) is 20.2 Å². The molecular weight excluding hydrogens is 400 g/mol. The molecular formula is C16H11ClN2O7S. The second-order valence-corrected chi connectivity index (χ2v) is 6.53. The summed E-state index contributed by atoms with van der Waals surface area (Å²) in [7, 11) is 1.51. The highest BCUT2D eigenvalue weighted by molar-refractivity contribution is 7.22. The van der Waals surface area contributed by atoms with E-state index in [0.29, 0.717) is 22.8 Å². The van der Waals surface area contributed by atoms with E-state index in [0.717, 1.165) is 6.07 Å². The first kappa shape index (κ1) is 18.5. The minimum absolute atomic E-state index is 0.0347. The number of phenols is 2. The number of ether oxygens (including phenoxy) is 2. The lowest BCUT2D eigenvalue weighted by Gasteiger charge is -2.06. The Kier molecular flexibility index (Phi) is 4.93. The first-order chi connectivity index (χ1) is 12.8. The number of nitro groups is 1. The lowest BCUT2D eigenvalue weighted by molar-refractivity contribution is -0.383. The molecule has 2 aromatic carbocycles. The van der Waals surface area contributed by atoms with Gasteiger partial charge < -0.3 is 19.7 Å². The van der Waals surface area contributed by atoms with E-state index in [9.17, 15) is 25.1 Å². The molecule has 0 bridgehead atoms. The second-order valence-electron chi connectivity index (χ2n) is 5.17. The van der Waals surface area contributed by atoms with Crippen molar-refractivity contribution in [2.75, 3.05) is 12.4 Å². The van der Waals surface area contributed by atoms with Gasteiger partial charge in [-0.1, -0.05) is 22.9 Å². The monoisotopic (exact) mass is 410 g/mol. The number of amides is 1. The molecule has 0 unspecified atom stereocenters. The van der Waals surface area contributed by atoms with E-state index < -0.39 is 28.2 Å². The van der Waals surface area contributed by atoms with E-state index in [1.54, 1.807) is 24.3 Å². The lowest BCUT2D eigenvalue weighted by Crippen LogP contribution is -2.16. The van der Waals surface area contributed by atoms with Gasteiger partial charge in [0.1, 0.15) is 15.5 Å². The summed E-state index contributed by atoms with van der Waals surface area (Å²) < 4.78 is 10.1. The number of nitrogens with zero attached hydrogens (tertiary/aromatic N) is 1. The molecule has 3 rings (SSSR count). The van der Waals surface area contributed by atoms with Crippen molar-refractivity contribution in [2.45, 2.75) is 0 Å². The van der Waals surface area contributed by atoms with Crippen molar-refractivity contribution in [3.8, 4) is 22.3 Å². The van der Waals surface area contributed by atoms with Crippen molar-refractivity contribution in [3.63, 3.8) is 0 Å². The summed E-state index contributed by atoms with van der Waals surface area (Å²) >= 11 is 6.82. The number of aromatic hydroxyl groups is 2. The van der Waals surface area contributed by atoms with Crippen molar-refractivity contribution in [2.24, 2.45) is 0 Å². The van der Waals surface area contributed by atoms with Crippen molar-refractivity contribution in [1.29, 1.82) is 0 Å². The van der Waals surface area contributed by atoms with Crippen LogP contribution >= 0.6 is 22.9 Å². The maximum Gasteiger partial charge on any atom is 0.417 e. The predicted octanol–water partition coefficient (Wildman–Crippen LogP) is 4.49. The molecule has 0 aliphatic rings. The van der Waals surface area contributed by atoms with Crippen LogP contribution in [0.5, 0.6) is 22.3 Å². The smallest absolute Gasteiger partial charge is 0.417 e. The molecule has 0 saturated heterocycles. The average molecular weight is 411 g/mol. The maximum absolute atomic E-state index is 12.1. The Bertz CT molecular complexity index is 1050. The fourth-order valence-corrected chi connectivity index (χ4v) is 3.68. The summed E-state index contributed by atoms with van der Waals surface area (Å²) in [6.07, 6.45) is -0.871. The van der Waals surface area contributed by atoms with Crippen LogP contribution in [-0.4, -0.2) is 28.3 Å². The van der Waals surface area contributed by atoms with Gasteiger partial charge in [-0.25, -0.2) is 4.79 Å². The Morgan fingerprint density at radius 2 is 1.96 bits per heavy atom. The van der Waals surface area contributed by atoms with Gasteiger partial charge in [-0.15, -0.1) is 0 Å². The number of benzene rings is 2. The number of thiophene rings is 1. The zero-order valence-electron chi connectivity index (χ0n) is 13.6. The van der Waals surface area contributed by atoms with Crippen molar-refractivity contribution >= 4 is 50.5 Å². The molecule has 0 fully saturated rings. The maximum atomic E-state index is 12.1. The molecule has 140 valence electrons. The normalized spacial score (nSPS) is 10.6. The number of phenolic OH excluding ortho intramolecular Hbond substituents is 2. The Hall–Kier alpha value is -3.24. The van der Waals surface area contributed by atoms with Crippen LogP contribution in [0.2, 0.25) is 5.02 Å². The standard InChI is InChI=1S/C16H11ClN2O7S/c1-25-8-4-2-7(3-5-8)18-16(22)26-15-11(17)9-6-10(20)13(21)12(19(23)24)14(9)27-15/h2-6,20-21H,1H3,(H,18,22). The summed E-state index contributed by atoms with van der Waals surface area (Å²) in [4.78, 5) is 22.4. The second kappa shape index (κ2) is 7.17. The molecule has 1 amide bonds. The van der Waals surface area contributed by atoms with E-state index >= 15 is 0 Å².